The third-order valence-corrected chi connectivity index (χ3v) is 3.43. The van der Waals surface area contributed by atoms with E-state index in [-0.39, 0.29) is 12.5 Å². The molecule has 15 heavy (non-hydrogen) atoms. The lowest BCUT2D eigenvalue weighted by molar-refractivity contribution is -0.153. The highest BCUT2D eigenvalue weighted by molar-refractivity contribution is 7.85. The van der Waals surface area contributed by atoms with E-state index in [9.17, 15) is 8.42 Å². The lowest BCUT2D eigenvalue weighted by atomic mass is 10.1. The summed E-state index contributed by atoms with van der Waals surface area (Å²) in [6, 6.07) is 0. The second-order valence-corrected chi connectivity index (χ2v) is 5.85. The molecule has 0 aromatic heterocycles. The van der Waals surface area contributed by atoms with Gasteiger partial charge in [-0.15, -0.1) is 0 Å². The standard InChI is InChI=1S/C9H16O5S/c1-15(10,11)14-7-8-2-3-9(6-8)12-4-5-13-9/h8H,2-7H2,1H3. The van der Waals surface area contributed by atoms with Crippen LogP contribution in [0.25, 0.3) is 0 Å². The maximum Gasteiger partial charge on any atom is 0.264 e. The summed E-state index contributed by atoms with van der Waals surface area (Å²) in [5.41, 5.74) is 0. The van der Waals surface area contributed by atoms with Crippen molar-refractivity contribution in [3.05, 3.63) is 0 Å². The van der Waals surface area contributed by atoms with Crippen LogP contribution in [0.2, 0.25) is 0 Å². The maximum atomic E-state index is 10.8. The molecule has 0 aromatic carbocycles. The fourth-order valence-corrected chi connectivity index (χ4v) is 2.63. The van der Waals surface area contributed by atoms with Gasteiger partial charge in [-0.2, -0.15) is 8.42 Å². The van der Waals surface area contributed by atoms with E-state index in [4.69, 9.17) is 13.7 Å². The highest BCUT2D eigenvalue weighted by atomic mass is 32.2. The van der Waals surface area contributed by atoms with Crippen LogP contribution in [-0.4, -0.2) is 40.3 Å². The van der Waals surface area contributed by atoms with Crippen molar-refractivity contribution in [3.8, 4) is 0 Å². The average molecular weight is 236 g/mol. The lowest BCUT2D eigenvalue weighted by Crippen LogP contribution is -2.26. The lowest BCUT2D eigenvalue weighted by Gasteiger charge is -2.21. The van der Waals surface area contributed by atoms with E-state index in [0.29, 0.717) is 13.2 Å². The zero-order valence-corrected chi connectivity index (χ0v) is 9.59. The molecule has 0 amide bonds. The molecule has 5 nitrogen and oxygen atoms in total. The predicted octanol–water partition coefficient (Wildman–Crippen LogP) is 0.506. The van der Waals surface area contributed by atoms with Gasteiger partial charge in [0.1, 0.15) is 0 Å². The molecule has 0 radical (unpaired) electrons. The van der Waals surface area contributed by atoms with Crippen LogP contribution in [-0.2, 0) is 23.8 Å². The van der Waals surface area contributed by atoms with Crippen LogP contribution in [0.3, 0.4) is 0 Å². The maximum absolute atomic E-state index is 10.8. The van der Waals surface area contributed by atoms with E-state index in [1.165, 1.54) is 0 Å². The average Bonchev–Trinajstić information content (AvgIpc) is 2.73. The first kappa shape index (κ1) is 11.3. The minimum absolute atomic E-state index is 0.220. The number of hydrogen-bond donors (Lipinski definition) is 0. The molecule has 2 rings (SSSR count). The zero-order chi connectivity index (χ0) is 10.9. The van der Waals surface area contributed by atoms with E-state index in [2.05, 4.69) is 0 Å². The highest BCUT2D eigenvalue weighted by Gasteiger charge is 2.44. The van der Waals surface area contributed by atoms with Gasteiger partial charge in [-0.05, 0) is 12.3 Å². The first-order valence-electron chi connectivity index (χ1n) is 5.11. The SMILES string of the molecule is CS(=O)(=O)OCC1CCC2(C1)OCCO2. The third kappa shape index (κ3) is 2.90. The van der Waals surface area contributed by atoms with Crippen molar-refractivity contribution in [2.45, 2.75) is 25.0 Å². The van der Waals surface area contributed by atoms with E-state index >= 15 is 0 Å². The van der Waals surface area contributed by atoms with Crippen LogP contribution in [0.5, 0.6) is 0 Å². The predicted molar refractivity (Wildman–Crippen MR) is 52.8 cm³/mol. The normalized spacial score (nSPS) is 30.1. The van der Waals surface area contributed by atoms with Crippen molar-refractivity contribution >= 4 is 10.1 Å². The van der Waals surface area contributed by atoms with Crippen molar-refractivity contribution < 1.29 is 22.1 Å². The van der Waals surface area contributed by atoms with Gasteiger partial charge in [-0.25, -0.2) is 0 Å². The Morgan fingerprint density at radius 3 is 2.67 bits per heavy atom. The molecule has 1 aliphatic heterocycles. The number of hydrogen-bond acceptors (Lipinski definition) is 5. The topological polar surface area (TPSA) is 61.8 Å². The summed E-state index contributed by atoms with van der Waals surface area (Å²) in [4.78, 5) is 0. The molecule has 2 aliphatic rings. The Hall–Kier alpha value is -0.170. The first-order valence-corrected chi connectivity index (χ1v) is 6.93. The van der Waals surface area contributed by atoms with Gasteiger partial charge in [0.05, 0.1) is 26.1 Å². The van der Waals surface area contributed by atoms with Gasteiger partial charge in [0, 0.05) is 12.8 Å². The monoisotopic (exact) mass is 236 g/mol. The molecular weight excluding hydrogens is 220 g/mol. The summed E-state index contributed by atoms with van der Waals surface area (Å²) in [5.74, 6) is -0.219. The quantitative estimate of drug-likeness (QED) is 0.668. The minimum Gasteiger partial charge on any atom is -0.348 e. The zero-order valence-electron chi connectivity index (χ0n) is 8.77. The summed E-state index contributed by atoms with van der Waals surface area (Å²) < 4.78 is 37.5. The van der Waals surface area contributed by atoms with Crippen LogP contribution < -0.4 is 0 Å². The van der Waals surface area contributed by atoms with Crippen molar-refractivity contribution in [2.75, 3.05) is 26.1 Å². The molecule has 1 spiro atoms. The summed E-state index contributed by atoms with van der Waals surface area (Å²) in [5, 5.41) is 0. The van der Waals surface area contributed by atoms with Gasteiger partial charge < -0.3 is 9.47 Å². The van der Waals surface area contributed by atoms with Crippen molar-refractivity contribution in [1.82, 2.24) is 0 Å². The molecule has 2 fully saturated rings. The molecule has 1 atom stereocenters. The largest absolute Gasteiger partial charge is 0.348 e. The Morgan fingerprint density at radius 1 is 1.40 bits per heavy atom. The summed E-state index contributed by atoms with van der Waals surface area (Å²) in [7, 11) is -3.33. The molecule has 0 bridgehead atoms. The molecule has 1 heterocycles. The van der Waals surface area contributed by atoms with Gasteiger partial charge >= 0.3 is 0 Å². The fraction of sp³-hybridized carbons (Fsp3) is 1.00. The Kier molecular flexibility index (Phi) is 3.03. The fourth-order valence-electron chi connectivity index (χ4n) is 2.19. The van der Waals surface area contributed by atoms with Gasteiger partial charge in [0.2, 0.25) is 0 Å². The molecule has 1 unspecified atom stereocenters. The van der Waals surface area contributed by atoms with Gasteiger partial charge in [0.25, 0.3) is 10.1 Å². The Bertz CT molecular complexity index is 317. The van der Waals surface area contributed by atoms with Crippen molar-refractivity contribution in [1.29, 1.82) is 0 Å². The van der Waals surface area contributed by atoms with Crippen LogP contribution in [0.4, 0.5) is 0 Å². The summed E-state index contributed by atoms with van der Waals surface area (Å²) in [6.07, 6.45) is 3.54. The third-order valence-electron chi connectivity index (χ3n) is 2.86. The van der Waals surface area contributed by atoms with Gasteiger partial charge in [-0.3, -0.25) is 4.18 Å². The minimum atomic E-state index is -3.33. The second kappa shape index (κ2) is 4.01. The summed E-state index contributed by atoms with van der Waals surface area (Å²) in [6.45, 7) is 1.52. The molecule has 1 saturated heterocycles. The molecule has 6 heteroatoms. The van der Waals surface area contributed by atoms with E-state index in [1.54, 1.807) is 0 Å². The highest BCUT2D eigenvalue weighted by Crippen LogP contribution is 2.40. The van der Waals surface area contributed by atoms with E-state index < -0.39 is 15.9 Å². The van der Waals surface area contributed by atoms with Crippen LogP contribution in [0.15, 0.2) is 0 Å². The van der Waals surface area contributed by atoms with Crippen LogP contribution in [0, 0.1) is 5.92 Å². The van der Waals surface area contributed by atoms with Crippen molar-refractivity contribution in [3.63, 3.8) is 0 Å². The first-order chi connectivity index (χ1) is 6.99. The Morgan fingerprint density at radius 2 is 2.07 bits per heavy atom. The smallest absolute Gasteiger partial charge is 0.264 e. The van der Waals surface area contributed by atoms with E-state index in [1.807, 2.05) is 0 Å². The Balaban J connectivity index is 1.82. The number of ether oxygens (including phenoxy) is 2. The molecule has 88 valence electrons. The Labute approximate surface area is 89.8 Å². The van der Waals surface area contributed by atoms with E-state index in [0.717, 1.165) is 25.5 Å². The second-order valence-electron chi connectivity index (χ2n) is 4.21. The van der Waals surface area contributed by atoms with Gasteiger partial charge in [0.15, 0.2) is 5.79 Å². The molecule has 0 aromatic rings. The summed E-state index contributed by atoms with van der Waals surface area (Å²) >= 11 is 0. The molecule has 1 saturated carbocycles. The van der Waals surface area contributed by atoms with Crippen LogP contribution >= 0.6 is 0 Å². The van der Waals surface area contributed by atoms with Crippen LogP contribution in [0.1, 0.15) is 19.3 Å². The van der Waals surface area contributed by atoms with Crippen molar-refractivity contribution in [2.24, 2.45) is 5.92 Å². The number of rotatable bonds is 3. The molecular formula is C9H16O5S. The molecule has 1 aliphatic carbocycles. The van der Waals surface area contributed by atoms with Gasteiger partial charge in [-0.1, -0.05) is 0 Å². The molecule has 0 N–H and O–H groups in total.